The number of anilines is 1. The summed E-state index contributed by atoms with van der Waals surface area (Å²) in [4.78, 5) is 16.7. The standard InChI is InChI=1S/C19H22N6O2S/c1-15-7-8-20-25(15)13-17-21-22-19(27-17)28-14-18(26)24-11-9-23(10-12-24)16-5-3-2-4-6-16/h2-8H,9-14H2,1H3. The van der Waals surface area contributed by atoms with Crippen LogP contribution in [-0.4, -0.2) is 62.7 Å². The van der Waals surface area contributed by atoms with E-state index in [9.17, 15) is 4.79 Å². The molecule has 0 radical (unpaired) electrons. The van der Waals surface area contributed by atoms with Crippen molar-refractivity contribution in [3.8, 4) is 0 Å². The Morgan fingerprint density at radius 2 is 1.89 bits per heavy atom. The maximum atomic E-state index is 12.5. The molecule has 4 rings (SSSR count). The number of amides is 1. The first-order valence-electron chi connectivity index (χ1n) is 9.20. The van der Waals surface area contributed by atoms with Crippen molar-refractivity contribution in [3.63, 3.8) is 0 Å². The summed E-state index contributed by atoms with van der Waals surface area (Å²) in [7, 11) is 0. The molecular weight excluding hydrogens is 376 g/mol. The Kier molecular flexibility index (Phi) is 5.61. The average Bonchev–Trinajstić information content (AvgIpc) is 3.36. The number of hydrogen-bond donors (Lipinski definition) is 0. The van der Waals surface area contributed by atoms with Crippen LogP contribution in [0.15, 0.2) is 52.2 Å². The van der Waals surface area contributed by atoms with Crippen molar-refractivity contribution in [2.24, 2.45) is 0 Å². The summed E-state index contributed by atoms with van der Waals surface area (Å²) in [6, 6.07) is 12.2. The Morgan fingerprint density at radius 1 is 1.11 bits per heavy atom. The van der Waals surface area contributed by atoms with E-state index in [-0.39, 0.29) is 5.91 Å². The van der Waals surface area contributed by atoms with Crippen LogP contribution >= 0.6 is 11.8 Å². The number of para-hydroxylation sites is 1. The number of carbonyl (C=O) groups is 1. The first kappa shape index (κ1) is 18.5. The molecule has 2 aromatic heterocycles. The summed E-state index contributed by atoms with van der Waals surface area (Å²) in [5.74, 6) is 0.881. The van der Waals surface area contributed by atoms with Gasteiger partial charge >= 0.3 is 0 Å². The Bertz CT molecular complexity index is 917. The number of hydrogen-bond acceptors (Lipinski definition) is 7. The van der Waals surface area contributed by atoms with Crippen molar-refractivity contribution < 1.29 is 9.21 Å². The molecule has 1 amide bonds. The number of benzene rings is 1. The lowest BCUT2D eigenvalue weighted by molar-refractivity contribution is -0.128. The normalized spacial score (nSPS) is 14.5. The third-order valence-electron chi connectivity index (χ3n) is 4.74. The van der Waals surface area contributed by atoms with Gasteiger partial charge in [-0.2, -0.15) is 5.10 Å². The molecule has 3 heterocycles. The number of nitrogens with zero attached hydrogens (tertiary/aromatic N) is 6. The van der Waals surface area contributed by atoms with Crippen LogP contribution in [0.25, 0.3) is 0 Å². The second-order valence-electron chi connectivity index (χ2n) is 6.58. The summed E-state index contributed by atoms with van der Waals surface area (Å²) in [5, 5.41) is 12.7. The van der Waals surface area contributed by atoms with E-state index in [4.69, 9.17) is 4.42 Å². The fourth-order valence-corrected chi connectivity index (χ4v) is 3.80. The predicted octanol–water partition coefficient (Wildman–Crippen LogP) is 2.06. The van der Waals surface area contributed by atoms with E-state index in [0.717, 1.165) is 31.9 Å². The minimum absolute atomic E-state index is 0.0976. The molecule has 1 fully saturated rings. The number of carbonyl (C=O) groups excluding carboxylic acids is 1. The summed E-state index contributed by atoms with van der Waals surface area (Å²) in [6.45, 7) is 5.53. The summed E-state index contributed by atoms with van der Waals surface area (Å²) < 4.78 is 7.42. The molecule has 0 bridgehead atoms. The first-order chi connectivity index (χ1) is 13.7. The lowest BCUT2D eigenvalue weighted by atomic mass is 10.2. The molecule has 0 unspecified atom stereocenters. The Hall–Kier alpha value is -2.81. The van der Waals surface area contributed by atoms with Crippen LogP contribution < -0.4 is 4.90 Å². The Labute approximate surface area is 167 Å². The van der Waals surface area contributed by atoms with Gasteiger partial charge in [0.1, 0.15) is 6.54 Å². The molecule has 0 N–H and O–H groups in total. The van der Waals surface area contributed by atoms with Gasteiger partial charge in [0.25, 0.3) is 5.22 Å². The largest absolute Gasteiger partial charge is 0.414 e. The maximum Gasteiger partial charge on any atom is 0.277 e. The molecule has 1 aliphatic rings. The molecule has 1 saturated heterocycles. The quantitative estimate of drug-likeness (QED) is 0.588. The monoisotopic (exact) mass is 398 g/mol. The molecule has 8 nitrogen and oxygen atoms in total. The highest BCUT2D eigenvalue weighted by atomic mass is 32.2. The van der Waals surface area contributed by atoms with Crippen LogP contribution in [0.1, 0.15) is 11.6 Å². The zero-order valence-corrected chi connectivity index (χ0v) is 16.5. The van der Waals surface area contributed by atoms with Crippen molar-refractivity contribution in [1.82, 2.24) is 24.9 Å². The smallest absolute Gasteiger partial charge is 0.277 e. The number of piperazine rings is 1. The highest BCUT2D eigenvalue weighted by molar-refractivity contribution is 7.99. The van der Waals surface area contributed by atoms with Gasteiger partial charge in [0.2, 0.25) is 11.8 Å². The van der Waals surface area contributed by atoms with E-state index < -0.39 is 0 Å². The highest BCUT2D eigenvalue weighted by Crippen LogP contribution is 2.19. The third-order valence-corrected chi connectivity index (χ3v) is 5.54. The molecule has 0 atom stereocenters. The van der Waals surface area contributed by atoms with E-state index >= 15 is 0 Å². The van der Waals surface area contributed by atoms with Crippen LogP contribution in [0.3, 0.4) is 0 Å². The second-order valence-corrected chi connectivity index (χ2v) is 7.51. The number of aromatic nitrogens is 4. The van der Waals surface area contributed by atoms with Crippen molar-refractivity contribution in [3.05, 3.63) is 54.2 Å². The van der Waals surface area contributed by atoms with Gasteiger partial charge in [-0.15, -0.1) is 10.2 Å². The minimum atomic E-state index is 0.0976. The van der Waals surface area contributed by atoms with Crippen LogP contribution in [0, 0.1) is 6.92 Å². The molecule has 28 heavy (non-hydrogen) atoms. The van der Waals surface area contributed by atoms with Gasteiger partial charge in [0, 0.05) is 43.8 Å². The molecule has 0 aliphatic carbocycles. The highest BCUT2D eigenvalue weighted by Gasteiger charge is 2.22. The lowest BCUT2D eigenvalue weighted by Gasteiger charge is -2.36. The van der Waals surface area contributed by atoms with E-state index in [1.54, 1.807) is 10.9 Å². The minimum Gasteiger partial charge on any atom is -0.414 e. The molecule has 1 aromatic carbocycles. The molecule has 0 spiro atoms. The topological polar surface area (TPSA) is 80.3 Å². The van der Waals surface area contributed by atoms with Gasteiger partial charge in [0.15, 0.2) is 0 Å². The summed E-state index contributed by atoms with van der Waals surface area (Å²) >= 11 is 1.28. The van der Waals surface area contributed by atoms with Crippen LogP contribution in [-0.2, 0) is 11.3 Å². The van der Waals surface area contributed by atoms with Gasteiger partial charge in [-0.25, -0.2) is 0 Å². The van der Waals surface area contributed by atoms with Crippen LogP contribution in [0.2, 0.25) is 0 Å². The zero-order valence-electron chi connectivity index (χ0n) is 15.7. The van der Waals surface area contributed by atoms with E-state index in [1.165, 1.54) is 17.4 Å². The number of rotatable bonds is 6. The SMILES string of the molecule is Cc1ccnn1Cc1nnc(SCC(=O)N2CCN(c3ccccc3)CC2)o1. The molecule has 9 heteroatoms. The van der Waals surface area contributed by atoms with Crippen LogP contribution in [0.4, 0.5) is 5.69 Å². The Morgan fingerprint density at radius 3 is 2.61 bits per heavy atom. The summed E-state index contributed by atoms with van der Waals surface area (Å²) in [5.41, 5.74) is 2.23. The Balaban J connectivity index is 1.24. The van der Waals surface area contributed by atoms with Gasteiger partial charge < -0.3 is 14.2 Å². The van der Waals surface area contributed by atoms with Gasteiger partial charge in [0.05, 0.1) is 5.75 Å². The fraction of sp³-hybridized carbons (Fsp3) is 0.368. The number of aryl methyl sites for hydroxylation is 1. The lowest BCUT2D eigenvalue weighted by Crippen LogP contribution is -2.49. The maximum absolute atomic E-state index is 12.5. The summed E-state index contributed by atoms with van der Waals surface area (Å²) in [6.07, 6.45) is 1.73. The second kappa shape index (κ2) is 8.47. The van der Waals surface area contributed by atoms with Crippen molar-refractivity contribution in [2.45, 2.75) is 18.7 Å². The predicted molar refractivity (Wildman–Crippen MR) is 106 cm³/mol. The molecule has 146 valence electrons. The van der Waals surface area contributed by atoms with Gasteiger partial charge in [-0.05, 0) is 25.1 Å². The van der Waals surface area contributed by atoms with Crippen molar-refractivity contribution in [1.29, 1.82) is 0 Å². The van der Waals surface area contributed by atoms with Gasteiger partial charge in [-0.3, -0.25) is 9.48 Å². The average molecular weight is 398 g/mol. The fourth-order valence-electron chi connectivity index (χ4n) is 3.12. The molecular formula is C19H22N6O2S. The van der Waals surface area contributed by atoms with E-state index in [1.807, 2.05) is 36.1 Å². The first-order valence-corrected chi connectivity index (χ1v) is 10.2. The zero-order chi connectivity index (χ0) is 19.3. The molecule has 3 aromatic rings. The van der Waals surface area contributed by atoms with Crippen LogP contribution in [0.5, 0.6) is 0 Å². The molecule has 1 aliphatic heterocycles. The van der Waals surface area contributed by atoms with E-state index in [0.29, 0.717) is 23.4 Å². The third kappa shape index (κ3) is 4.36. The van der Waals surface area contributed by atoms with Gasteiger partial charge in [-0.1, -0.05) is 30.0 Å². The van der Waals surface area contributed by atoms with Crippen molar-refractivity contribution in [2.75, 3.05) is 36.8 Å². The van der Waals surface area contributed by atoms with Crippen molar-refractivity contribution >= 4 is 23.4 Å². The van der Waals surface area contributed by atoms with E-state index in [2.05, 4.69) is 32.3 Å². The molecule has 0 saturated carbocycles. The number of thioether (sulfide) groups is 1.